The molecular formula is C22H21N7OS. The van der Waals surface area contributed by atoms with Crippen molar-refractivity contribution in [2.75, 3.05) is 10.7 Å². The summed E-state index contributed by atoms with van der Waals surface area (Å²) in [6, 6.07) is 9.19. The van der Waals surface area contributed by atoms with Crippen LogP contribution < -0.4 is 16.2 Å². The summed E-state index contributed by atoms with van der Waals surface area (Å²) >= 11 is 1.69. The highest BCUT2D eigenvalue weighted by Gasteiger charge is 2.30. The van der Waals surface area contributed by atoms with Gasteiger partial charge in [0.05, 0.1) is 6.54 Å². The molecule has 0 aliphatic carbocycles. The summed E-state index contributed by atoms with van der Waals surface area (Å²) in [6.07, 6.45) is 3.32. The summed E-state index contributed by atoms with van der Waals surface area (Å²) in [6.45, 7) is 6.40. The molecule has 0 saturated carbocycles. The lowest BCUT2D eigenvalue weighted by molar-refractivity contribution is 0.791. The quantitative estimate of drug-likeness (QED) is 0.484. The normalized spacial score (nSPS) is 12.9. The van der Waals surface area contributed by atoms with E-state index in [-0.39, 0.29) is 12.0 Å². The van der Waals surface area contributed by atoms with E-state index < -0.39 is 0 Å². The second-order valence-corrected chi connectivity index (χ2v) is 8.71. The van der Waals surface area contributed by atoms with Crippen LogP contribution in [0.5, 0.6) is 0 Å². The number of nitrogens with two attached hydrogens (primary N) is 1. The van der Waals surface area contributed by atoms with Crippen LogP contribution in [-0.4, -0.2) is 25.5 Å². The maximum atomic E-state index is 12.4. The molecule has 0 bridgehead atoms. The van der Waals surface area contributed by atoms with Crippen molar-refractivity contribution >= 4 is 28.7 Å². The standard InChI is InChI=1S/C22H21N7OS/c1-12-13(2)31-21-19(12)20(15-4-6-17(23)7-5-15)27-28(22-26-25-14(3)29(21)22)11-16-10-24-9-8-18(16)30/h4-10H,11,23H2,1-3H3,(H,24,30). The molecule has 1 aliphatic rings. The Morgan fingerprint density at radius 1 is 1.10 bits per heavy atom. The van der Waals surface area contributed by atoms with Crippen LogP contribution >= 0.6 is 11.3 Å². The molecule has 31 heavy (non-hydrogen) atoms. The number of nitrogen functional groups attached to an aromatic ring is 1. The lowest BCUT2D eigenvalue weighted by Gasteiger charge is -2.17. The lowest BCUT2D eigenvalue weighted by Crippen LogP contribution is -2.24. The third kappa shape index (κ3) is 3.14. The molecule has 0 atom stereocenters. The summed E-state index contributed by atoms with van der Waals surface area (Å²) in [5.41, 5.74) is 11.1. The molecule has 1 aromatic carbocycles. The number of hydrazone groups is 1. The highest BCUT2D eigenvalue weighted by Crippen LogP contribution is 2.38. The topological polar surface area (TPSA) is 105 Å². The molecule has 8 nitrogen and oxygen atoms in total. The van der Waals surface area contributed by atoms with Gasteiger partial charge in [-0.05, 0) is 38.5 Å². The third-order valence-electron chi connectivity index (χ3n) is 5.48. The second kappa shape index (κ2) is 7.21. The van der Waals surface area contributed by atoms with E-state index in [0.717, 1.165) is 33.2 Å². The van der Waals surface area contributed by atoms with Crippen molar-refractivity contribution in [3.8, 4) is 5.00 Å². The van der Waals surface area contributed by atoms with E-state index in [0.29, 0.717) is 17.2 Å². The molecular weight excluding hydrogens is 410 g/mol. The number of nitrogens with zero attached hydrogens (tertiary/aromatic N) is 5. The molecule has 0 unspecified atom stereocenters. The minimum atomic E-state index is -0.0585. The van der Waals surface area contributed by atoms with E-state index in [9.17, 15) is 4.79 Å². The Labute approximate surface area is 182 Å². The fraction of sp³-hybridized carbons (Fsp3) is 0.182. The van der Waals surface area contributed by atoms with E-state index in [1.54, 1.807) is 28.7 Å². The molecule has 5 rings (SSSR count). The Bertz CT molecular complexity index is 1380. The summed E-state index contributed by atoms with van der Waals surface area (Å²) < 4.78 is 2.02. The first-order chi connectivity index (χ1) is 14.9. The Kier molecular flexibility index (Phi) is 4.48. The number of rotatable bonds is 3. The number of H-pyrrole nitrogens is 1. The number of fused-ring (bicyclic) bond motifs is 3. The van der Waals surface area contributed by atoms with Crippen LogP contribution in [0.3, 0.4) is 0 Å². The molecule has 0 saturated heterocycles. The van der Waals surface area contributed by atoms with Crippen LogP contribution in [0.15, 0.2) is 52.6 Å². The zero-order chi connectivity index (χ0) is 21.7. The SMILES string of the molecule is Cc1sc2c(c1C)C(c1ccc(N)cc1)=NN(Cc1c[nH]ccc1=O)c1nnc(C)n1-2. The predicted octanol–water partition coefficient (Wildman–Crippen LogP) is 3.30. The van der Waals surface area contributed by atoms with Gasteiger partial charge in [0.15, 0.2) is 5.43 Å². The van der Waals surface area contributed by atoms with Crippen molar-refractivity contribution in [2.24, 2.45) is 5.10 Å². The molecule has 156 valence electrons. The highest BCUT2D eigenvalue weighted by molar-refractivity contribution is 7.15. The van der Waals surface area contributed by atoms with Gasteiger partial charge in [0.1, 0.15) is 16.5 Å². The van der Waals surface area contributed by atoms with Gasteiger partial charge in [-0.15, -0.1) is 21.5 Å². The first-order valence-electron chi connectivity index (χ1n) is 9.85. The van der Waals surface area contributed by atoms with Gasteiger partial charge in [0.25, 0.3) is 5.95 Å². The molecule has 0 amide bonds. The number of pyridine rings is 1. The monoisotopic (exact) mass is 431 g/mol. The number of nitrogens with one attached hydrogen (secondary N) is 1. The third-order valence-corrected chi connectivity index (χ3v) is 6.67. The van der Waals surface area contributed by atoms with Gasteiger partial charge in [-0.1, -0.05) is 12.1 Å². The Balaban J connectivity index is 1.78. The zero-order valence-electron chi connectivity index (χ0n) is 17.4. The number of benzene rings is 1. The van der Waals surface area contributed by atoms with Gasteiger partial charge in [-0.3, -0.25) is 9.36 Å². The van der Waals surface area contributed by atoms with Gasteiger partial charge in [0.2, 0.25) is 0 Å². The van der Waals surface area contributed by atoms with Gasteiger partial charge < -0.3 is 10.7 Å². The Hall–Kier alpha value is -3.72. The first-order valence-corrected chi connectivity index (χ1v) is 10.7. The molecule has 0 radical (unpaired) electrons. The van der Waals surface area contributed by atoms with Crippen molar-refractivity contribution < 1.29 is 0 Å². The maximum Gasteiger partial charge on any atom is 0.253 e. The van der Waals surface area contributed by atoms with Crippen LogP contribution in [0.1, 0.15) is 33.0 Å². The minimum absolute atomic E-state index is 0.0585. The first kappa shape index (κ1) is 19.3. The molecule has 3 aromatic heterocycles. The fourth-order valence-electron chi connectivity index (χ4n) is 3.70. The van der Waals surface area contributed by atoms with Crippen molar-refractivity contribution in [3.05, 3.63) is 85.9 Å². The van der Waals surface area contributed by atoms with Gasteiger partial charge >= 0.3 is 0 Å². The largest absolute Gasteiger partial charge is 0.399 e. The number of aromatic nitrogens is 4. The van der Waals surface area contributed by atoms with Gasteiger partial charge in [-0.25, -0.2) is 5.01 Å². The van der Waals surface area contributed by atoms with E-state index in [2.05, 4.69) is 29.0 Å². The predicted molar refractivity (Wildman–Crippen MR) is 123 cm³/mol. The lowest BCUT2D eigenvalue weighted by atomic mass is 10.00. The second-order valence-electron chi connectivity index (χ2n) is 7.51. The van der Waals surface area contributed by atoms with E-state index in [1.807, 2.05) is 35.8 Å². The summed E-state index contributed by atoms with van der Waals surface area (Å²) in [4.78, 5) is 16.6. The van der Waals surface area contributed by atoms with E-state index in [4.69, 9.17) is 10.8 Å². The Morgan fingerprint density at radius 2 is 1.87 bits per heavy atom. The molecule has 0 spiro atoms. The van der Waals surface area contributed by atoms with Crippen LogP contribution in [0, 0.1) is 20.8 Å². The van der Waals surface area contributed by atoms with Crippen molar-refractivity contribution in [2.45, 2.75) is 27.3 Å². The van der Waals surface area contributed by atoms with Crippen LogP contribution in [-0.2, 0) is 6.54 Å². The number of hydrogen-bond acceptors (Lipinski definition) is 7. The Morgan fingerprint density at radius 3 is 2.61 bits per heavy atom. The number of aryl methyl sites for hydroxylation is 2. The molecule has 0 fully saturated rings. The molecule has 9 heteroatoms. The number of hydrogen-bond donors (Lipinski definition) is 2. The molecule has 1 aliphatic heterocycles. The van der Waals surface area contributed by atoms with Crippen LogP contribution in [0.4, 0.5) is 11.6 Å². The zero-order valence-corrected chi connectivity index (χ0v) is 18.2. The number of anilines is 2. The molecule has 4 aromatic rings. The fourth-order valence-corrected chi connectivity index (χ4v) is 4.90. The molecule has 4 heterocycles. The smallest absolute Gasteiger partial charge is 0.253 e. The van der Waals surface area contributed by atoms with Gasteiger partial charge in [-0.2, -0.15) is 5.10 Å². The summed E-state index contributed by atoms with van der Waals surface area (Å²) in [7, 11) is 0. The average Bonchev–Trinajstić information content (AvgIpc) is 3.22. The maximum absolute atomic E-state index is 12.4. The number of thiophene rings is 1. The summed E-state index contributed by atoms with van der Waals surface area (Å²) in [5.74, 6) is 1.34. The minimum Gasteiger partial charge on any atom is -0.399 e. The van der Waals surface area contributed by atoms with Crippen LogP contribution in [0.25, 0.3) is 5.00 Å². The summed E-state index contributed by atoms with van der Waals surface area (Å²) in [5, 5.41) is 16.5. The van der Waals surface area contributed by atoms with E-state index in [1.165, 1.54) is 10.9 Å². The number of aromatic amines is 1. The molecule has 3 N–H and O–H groups in total. The van der Waals surface area contributed by atoms with Crippen LogP contribution in [0.2, 0.25) is 0 Å². The van der Waals surface area contributed by atoms with Crippen molar-refractivity contribution in [3.63, 3.8) is 0 Å². The van der Waals surface area contributed by atoms with Gasteiger partial charge in [0, 0.05) is 45.7 Å². The average molecular weight is 432 g/mol. The van der Waals surface area contributed by atoms with Crippen molar-refractivity contribution in [1.29, 1.82) is 0 Å². The highest BCUT2D eigenvalue weighted by atomic mass is 32.1. The van der Waals surface area contributed by atoms with Crippen molar-refractivity contribution in [1.82, 2.24) is 19.7 Å². The van der Waals surface area contributed by atoms with E-state index >= 15 is 0 Å².